The molecule has 3 rings (SSSR count). The van der Waals surface area contributed by atoms with Crippen molar-refractivity contribution in [2.24, 2.45) is 5.73 Å². The van der Waals surface area contributed by atoms with Crippen molar-refractivity contribution in [1.82, 2.24) is 20.2 Å². The summed E-state index contributed by atoms with van der Waals surface area (Å²) in [4.78, 5) is 0. The van der Waals surface area contributed by atoms with Gasteiger partial charge < -0.3 is 10.3 Å². The van der Waals surface area contributed by atoms with E-state index in [2.05, 4.69) is 15.5 Å². The van der Waals surface area contributed by atoms with E-state index in [0.717, 1.165) is 34.0 Å². The Morgan fingerprint density at radius 1 is 1.22 bits per heavy atom. The van der Waals surface area contributed by atoms with Gasteiger partial charge in [-0.2, -0.15) is 0 Å². The van der Waals surface area contributed by atoms with E-state index >= 15 is 0 Å². The Hall–Kier alpha value is -2.54. The fourth-order valence-electron chi connectivity index (χ4n) is 2.52. The molecule has 7 heteroatoms. The average molecular weight is 315 g/mol. The number of nitrogens with zero attached hydrogens (tertiary/aromatic N) is 4. The van der Waals surface area contributed by atoms with Crippen LogP contribution in [0.3, 0.4) is 0 Å². The maximum Gasteiger partial charge on any atom is 0.138 e. The smallest absolute Gasteiger partial charge is 0.138 e. The molecule has 120 valence electrons. The van der Waals surface area contributed by atoms with Crippen LogP contribution in [0.5, 0.6) is 0 Å². The fraction of sp³-hybridized carbons (Fsp3) is 0.312. The maximum atomic E-state index is 13.1. The molecule has 6 nitrogen and oxygen atoms in total. The second kappa shape index (κ2) is 6.29. The van der Waals surface area contributed by atoms with Crippen LogP contribution in [0.1, 0.15) is 34.0 Å². The number of aromatic nitrogens is 4. The molecule has 0 saturated carbocycles. The first kappa shape index (κ1) is 15.4. The zero-order valence-electron chi connectivity index (χ0n) is 13.1. The number of aryl methyl sites for hydroxylation is 2. The highest BCUT2D eigenvalue weighted by Gasteiger charge is 2.16. The number of halogens is 1. The summed E-state index contributed by atoms with van der Waals surface area (Å²) in [5.74, 6) is 0.509. The van der Waals surface area contributed by atoms with Crippen molar-refractivity contribution in [1.29, 1.82) is 0 Å². The molecule has 0 radical (unpaired) electrons. The molecule has 0 atom stereocenters. The van der Waals surface area contributed by atoms with Crippen LogP contribution in [-0.4, -0.2) is 20.2 Å². The molecule has 2 aromatic heterocycles. The summed E-state index contributed by atoms with van der Waals surface area (Å²) in [6.45, 7) is 4.59. The maximum absolute atomic E-state index is 13.1. The Balaban J connectivity index is 1.92. The van der Waals surface area contributed by atoms with Crippen LogP contribution >= 0.6 is 0 Å². The van der Waals surface area contributed by atoms with Gasteiger partial charge in [-0.1, -0.05) is 22.5 Å². The van der Waals surface area contributed by atoms with Crippen molar-refractivity contribution >= 4 is 0 Å². The molecule has 0 unspecified atom stereocenters. The minimum absolute atomic E-state index is 0.254. The predicted octanol–water partition coefficient (Wildman–Crippen LogP) is 2.12. The van der Waals surface area contributed by atoms with Gasteiger partial charge in [0.25, 0.3) is 0 Å². The van der Waals surface area contributed by atoms with Gasteiger partial charge in [0.1, 0.15) is 11.6 Å². The van der Waals surface area contributed by atoms with Gasteiger partial charge in [0.05, 0.1) is 23.6 Å². The van der Waals surface area contributed by atoms with E-state index in [1.807, 2.05) is 13.8 Å². The van der Waals surface area contributed by atoms with E-state index in [9.17, 15) is 4.39 Å². The highest BCUT2D eigenvalue weighted by Crippen LogP contribution is 2.18. The summed E-state index contributed by atoms with van der Waals surface area (Å²) >= 11 is 0. The SMILES string of the molecule is Cc1noc(C)c1Cn1nnc(CN)c1Cc1ccc(F)cc1. The Morgan fingerprint density at radius 2 is 1.96 bits per heavy atom. The van der Waals surface area contributed by atoms with Crippen molar-refractivity contribution in [3.8, 4) is 0 Å². The average Bonchev–Trinajstić information content (AvgIpc) is 3.07. The molecule has 0 spiro atoms. The van der Waals surface area contributed by atoms with E-state index in [0.29, 0.717) is 19.5 Å². The van der Waals surface area contributed by atoms with Crippen LogP contribution in [0, 0.1) is 19.7 Å². The zero-order chi connectivity index (χ0) is 16.4. The molecule has 0 aliphatic heterocycles. The first-order valence-electron chi connectivity index (χ1n) is 7.36. The van der Waals surface area contributed by atoms with Gasteiger partial charge in [0.15, 0.2) is 0 Å². The number of hydrogen-bond acceptors (Lipinski definition) is 5. The van der Waals surface area contributed by atoms with E-state index in [-0.39, 0.29) is 5.82 Å². The van der Waals surface area contributed by atoms with Gasteiger partial charge in [-0.25, -0.2) is 9.07 Å². The normalized spacial score (nSPS) is 11.1. The zero-order valence-corrected chi connectivity index (χ0v) is 13.1. The van der Waals surface area contributed by atoms with Gasteiger partial charge >= 0.3 is 0 Å². The minimum atomic E-state index is -0.254. The summed E-state index contributed by atoms with van der Waals surface area (Å²) in [6, 6.07) is 6.39. The summed E-state index contributed by atoms with van der Waals surface area (Å²) in [5.41, 5.74) is 10.2. The van der Waals surface area contributed by atoms with Gasteiger partial charge in [0, 0.05) is 18.5 Å². The lowest BCUT2D eigenvalue weighted by molar-refractivity contribution is 0.391. The quantitative estimate of drug-likeness (QED) is 0.780. The van der Waals surface area contributed by atoms with Gasteiger partial charge in [-0.15, -0.1) is 5.10 Å². The molecule has 0 saturated heterocycles. The third-order valence-corrected chi connectivity index (χ3v) is 3.89. The Labute approximate surface area is 133 Å². The van der Waals surface area contributed by atoms with Crippen LogP contribution < -0.4 is 5.73 Å². The van der Waals surface area contributed by atoms with Crippen LogP contribution in [0.2, 0.25) is 0 Å². The van der Waals surface area contributed by atoms with Crippen LogP contribution in [0.15, 0.2) is 28.8 Å². The Bertz CT molecular complexity index is 787. The molecule has 0 bridgehead atoms. The molecule has 1 aromatic carbocycles. The predicted molar refractivity (Wildman–Crippen MR) is 82.2 cm³/mol. The van der Waals surface area contributed by atoms with Crippen molar-refractivity contribution in [3.63, 3.8) is 0 Å². The first-order valence-corrected chi connectivity index (χ1v) is 7.36. The van der Waals surface area contributed by atoms with Crippen molar-refractivity contribution < 1.29 is 8.91 Å². The third-order valence-electron chi connectivity index (χ3n) is 3.89. The van der Waals surface area contributed by atoms with E-state index in [4.69, 9.17) is 10.3 Å². The molecule has 23 heavy (non-hydrogen) atoms. The summed E-state index contributed by atoms with van der Waals surface area (Å²) in [5, 5.41) is 12.3. The fourth-order valence-corrected chi connectivity index (χ4v) is 2.52. The molecule has 0 amide bonds. The molecule has 2 heterocycles. The van der Waals surface area contributed by atoms with Crippen molar-refractivity contribution in [3.05, 3.63) is 64.1 Å². The first-order chi connectivity index (χ1) is 11.1. The number of nitrogens with two attached hydrogens (primary N) is 1. The number of benzene rings is 1. The number of rotatable bonds is 5. The second-order valence-corrected chi connectivity index (χ2v) is 5.45. The Kier molecular flexibility index (Phi) is 4.20. The lowest BCUT2D eigenvalue weighted by Gasteiger charge is -2.08. The molecule has 0 aliphatic rings. The number of hydrogen-bond donors (Lipinski definition) is 1. The van der Waals surface area contributed by atoms with Crippen LogP contribution in [-0.2, 0) is 19.5 Å². The van der Waals surface area contributed by atoms with Crippen LogP contribution in [0.4, 0.5) is 4.39 Å². The summed E-state index contributed by atoms with van der Waals surface area (Å²) in [6.07, 6.45) is 0.586. The highest BCUT2D eigenvalue weighted by molar-refractivity contribution is 5.26. The summed E-state index contributed by atoms with van der Waals surface area (Å²) < 4.78 is 20.1. The monoisotopic (exact) mass is 315 g/mol. The van der Waals surface area contributed by atoms with E-state index in [1.54, 1.807) is 16.8 Å². The van der Waals surface area contributed by atoms with E-state index < -0.39 is 0 Å². The van der Waals surface area contributed by atoms with Gasteiger partial charge in [-0.3, -0.25) is 0 Å². The second-order valence-electron chi connectivity index (χ2n) is 5.45. The third kappa shape index (κ3) is 3.14. The lowest BCUT2D eigenvalue weighted by Crippen LogP contribution is -2.10. The highest BCUT2D eigenvalue weighted by atomic mass is 19.1. The molecule has 2 N–H and O–H groups in total. The molecule has 0 aliphatic carbocycles. The molecule has 0 fully saturated rings. The van der Waals surface area contributed by atoms with E-state index in [1.165, 1.54) is 12.1 Å². The van der Waals surface area contributed by atoms with Crippen molar-refractivity contribution in [2.75, 3.05) is 0 Å². The Morgan fingerprint density at radius 3 is 2.57 bits per heavy atom. The molecule has 3 aromatic rings. The van der Waals surface area contributed by atoms with Gasteiger partial charge in [0.2, 0.25) is 0 Å². The molecular formula is C16H18FN5O. The topological polar surface area (TPSA) is 82.8 Å². The minimum Gasteiger partial charge on any atom is -0.361 e. The lowest BCUT2D eigenvalue weighted by atomic mass is 10.1. The standard InChI is InChI=1S/C16H18FN5O/c1-10-14(11(2)23-20-10)9-22-16(15(8-18)19-21-22)7-12-3-5-13(17)6-4-12/h3-6H,7-9,18H2,1-2H3. The van der Waals surface area contributed by atoms with Crippen molar-refractivity contribution in [2.45, 2.75) is 33.4 Å². The molecular weight excluding hydrogens is 297 g/mol. The van der Waals surface area contributed by atoms with Crippen LogP contribution in [0.25, 0.3) is 0 Å². The summed E-state index contributed by atoms with van der Waals surface area (Å²) in [7, 11) is 0. The largest absolute Gasteiger partial charge is 0.361 e. The van der Waals surface area contributed by atoms with Gasteiger partial charge in [-0.05, 0) is 31.5 Å².